The summed E-state index contributed by atoms with van der Waals surface area (Å²) in [6.45, 7) is 0. The molecular formula is C68H62BP2Rh-. The van der Waals surface area contributed by atoms with E-state index in [0.717, 1.165) is 0 Å². The van der Waals surface area contributed by atoms with Crippen LogP contribution in [0.4, 0.5) is 0 Å². The fraction of sp³-hybridized carbons (Fsp3) is 0.0588. The van der Waals surface area contributed by atoms with Gasteiger partial charge in [0.25, 0.3) is 0 Å². The first-order chi connectivity index (χ1) is 35.3. The molecule has 0 saturated carbocycles. The quantitative estimate of drug-likeness (QED) is 0.0727. The minimum atomic E-state index is -1.22. The van der Waals surface area contributed by atoms with Gasteiger partial charge in [-0.25, -0.2) is 0 Å². The predicted octanol–water partition coefficient (Wildman–Crippen LogP) is 12.6. The Morgan fingerprint density at radius 1 is 0.194 bits per heavy atom. The third-order valence-corrected chi connectivity index (χ3v) is 17.5. The Hall–Kier alpha value is -6.77. The number of allylic oxidation sites excluding steroid dienone is 4. The molecule has 10 aromatic rings. The average Bonchev–Trinajstić information content (AvgIpc) is 3.45. The Morgan fingerprint density at radius 3 is 0.486 bits per heavy atom. The third kappa shape index (κ3) is 14.7. The molecule has 0 unspecified atom stereocenters. The fourth-order valence-corrected chi connectivity index (χ4v) is 13.9. The summed E-state index contributed by atoms with van der Waals surface area (Å²) >= 11 is 0. The van der Waals surface area contributed by atoms with E-state index in [4.69, 9.17) is 0 Å². The van der Waals surface area contributed by atoms with E-state index >= 15 is 0 Å². The molecule has 0 nitrogen and oxygen atoms in total. The van der Waals surface area contributed by atoms with Gasteiger partial charge >= 0.3 is 0 Å². The molecule has 0 amide bonds. The largest absolute Gasteiger partial charge is 0.195 e. The maximum absolute atomic E-state index is 2.27. The molecule has 1 radical (unpaired) electrons. The van der Waals surface area contributed by atoms with Crippen molar-refractivity contribution in [2.24, 2.45) is 0 Å². The van der Waals surface area contributed by atoms with Gasteiger partial charge in [-0.3, -0.25) is 0 Å². The van der Waals surface area contributed by atoms with Crippen molar-refractivity contribution in [3.8, 4) is 0 Å². The molecule has 1 aliphatic rings. The molecule has 0 saturated heterocycles. The molecule has 0 spiro atoms. The van der Waals surface area contributed by atoms with Gasteiger partial charge in [0.05, 0.1) is 0 Å². The second kappa shape index (κ2) is 29.5. The van der Waals surface area contributed by atoms with E-state index in [2.05, 4.69) is 328 Å². The van der Waals surface area contributed by atoms with Gasteiger partial charge in [-0.05, 0) is 73.4 Å². The zero-order chi connectivity index (χ0) is 48.4. The van der Waals surface area contributed by atoms with Crippen molar-refractivity contribution in [1.82, 2.24) is 0 Å². The second-order valence-corrected chi connectivity index (χ2v) is 21.7. The molecule has 11 rings (SSSR count). The van der Waals surface area contributed by atoms with Crippen molar-refractivity contribution in [1.29, 1.82) is 0 Å². The van der Waals surface area contributed by atoms with Crippen molar-refractivity contribution >= 4 is 75.7 Å². The molecule has 357 valence electrons. The molecule has 72 heavy (non-hydrogen) atoms. The maximum Gasteiger partial charge on any atom is 0.108 e. The summed E-state index contributed by atoms with van der Waals surface area (Å²) in [6.07, 6.45) is 12.8. The van der Waals surface area contributed by atoms with Gasteiger partial charge in [0.15, 0.2) is 0 Å². The molecule has 0 atom stereocenters. The minimum absolute atomic E-state index is 0. The second-order valence-electron chi connectivity index (χ2n) is 17.3. The molecule has 0 N–H and O–H groups in total. The Kier molecular flexibility index (Phi) is 21.8. The summed E-state index contributed by atoms with van der Waals surface area (Å²) in [6, 6.07) is 108. The van der Waals surface area contributed by atoms with E-state index in [0.29, 0.717) is 0 Å². The van der Waals surface area contributed by atoms with E-state index in [1.165, 1.54) is 79.4 Å². The van der Waals surface area contributed by atoms with Crippen LogP contribution in [0, 0.1) is 0 Å². The van der Waals surface area contributed by atoms with Crippen LogP contribution < -0.4 is 53.7 Å². The Bertz CT molecular complexity index is 2540. The monoisotopic (exact) mass is 1050 g/mol. The summed E-state index contributed by atoms with van der Waals surface area (Å²) in [7, 11) is -0.892. The zero-order valence-electron chi connectivity index (χ0n) is 40.8. The van der Waals surface area contributed by atoms with Gasteiger partial charge < -0.3 is 0 Å². The minimum Gasteiger partial charge on any atom is -0.195 e. The van der Waals surface area contributed by atoms with Crippen molar-refractivity contribution in [3.05, 3.63) is 328 Å². The number of hydrogen-bond donors (Lipinski definition) is 0. The normalized spacial score (nSPS) is 12.6. The fourth-order valence-electron chi connectivity index (χ4n) is 9.33. The molecule has 0 aliphatic heterocycles. The van der Waals surface area contributed by atoms with Gasteiger partial charge in [-0.15, -0.1) is 0 Å². The SMILES string of the molecule is C1=C\CC/C=C\CC/1.[Rh].c1ccc(P(c2ccccc2)c2ccccc2)cc1.c1ccc(P(c2ccccc2)c2ccccc2)cc1.c1ccc([B-](c2ccccc2)(c2ccccc2)c2ccccc2)cc1. The molecule has 0 fully saturated rings. The number of hydrogen-bond acceptors (Lipinski definition) is 0. The molecule has 4 heteroatoms. The van der Waals surface area contributed by atoms with Crippen LogP contribution in [0.15, 0.2) is 328 Å². The maximum atomic E-state index is 2.27. The van der Waals surface area contributed by atoms with E-state index in [-0.39, 0.29) is 19.5 Å². The van der Waals surface area contributed by atoms with Crippen molar-refractivity contribution in [2.75, 3.05) is 0 Å². The molecule has 10 aromatic carbocycles. The van der Waals surface area contributed by atoms with Crippen LogP contribution in [0.3, 0.4) is 0 Å². The molecule has 0 heterocycles. The van der Waals surface area contributed by atoms with Gasteiger partial charge in [-0.2, -0.15) is 21.9 Å². The summed E-state index contributed by atoms with van der Waals surface area (Å²) < 4.78 is 0. The Labute approximate surface area is 445 Å². The van der Waals surface area contributed by atoms with Crippen molar-refractivity contribution in [3.63, 3.8) is 0 Å². The van der Waals surface area contributed by atoms with Crippen LogP contribution in [0.5, 0.6) is 0 Å². The average molecular weight is 1050 g/mol. The Morgan fingerprint density at radius 2 is 0.333 bits per heavy atom. The third-order valence-electron chi connectivity index (χ3n) is 12.6. The van der Waals surface area contributed by atoms with E-state index in [9.17, 15) is 0 Å². The van der Waals surface area contributed by atoms with Crippen LogP contribution >= 0.6 is 15.8 Å². The summed E-state index contributed by atoms with van der Waals surface area (Å²) in [5.41, 5.74) is 5.36. The molecular weight excluding hydrogens is 992 g/mol. The summed E-state index contributed by atoms with van der Waals surface area (Å²) in [5, 5.41) is 8.39. The van der Waals surface area contributed by atoms with Gasteiger partial charge in [-0.1, -0.05) is 328 Å². The summed E-state index contributed by atoms with van der Waals surface area (Å²) in [4.78, 5) is 0. The summed E-state index contributed by atoms with van der Waals surface area (Å²) in [5.74, 6) is 0. The van der Waals surface area contributed by atoms with Crippen LogP contribution in [0.1, 0.15) is 25.7 Å². The van der Waals surface area contributed by atoms with Gasteiger partial charge in [0.1, 0.15) is 6.15 Å². The standard InChI is InChI=1S/C24H20B.2C18H15P.C8H12.Rh/c1-5-13-21(14-6-1)25(22-15-7-2-8-16-22,23-17-9-3-10-18-23)24-19-11-4-12-20-24;2*1-4-10-16(11-5-1)19(17-12-6-2-7-13-17)18-14-8-3-9-15-18;1-2-4-6-8-7-5-3-1;/h1-20H;2*1-15H;1-2,7-8H,3-6H2;/q-1;;;;/b;;;2-1-,8-7-;. The van der Waals surface area contributed by atoms with Crippen LogP contribution in [0.25, 0.3) is 0 Å². The predicted molar refractivity (Wildman–Crippen MR) is 317 cm³/mol. The van der Waals surface area contributed by atoms with E-state index in [1.807, 2.05) is 0 Å². The first kappa shape index (κ1) is 53.0. The number of benzene rings is 10. The van der Waals surface area contributed by atoms with Crippen LogP contribution in [-0.4, -0.2) is 6.15 Å². The molecule has 1 aliphatic carbocycles. The zero-order valence-corrected chi connectivity index (χ0v) is 44.2. The molecule has 0 bridgehead atoms. The van der Waals surface area contributed by atoms with Crippen LogP contribution in [0.2, 0.25) is 0 Å². The number of rotatable bonds is 10. The van der Waals surface area contributed by atoms with Crippen LogP contribution in [-0.2, 0) is 19.5 Å². The molecule has 0 aromatic heterocycles. The van der Waals surface area contributed by atoms with Crippen molar-refractivity contribution in [2.45, 2.75) is 25.7 Å². The van der Waals surface area contributed by atoms with Crippen molar-refractivity contribution < 1.29 is 19.5 Å². The first-order valence-electron chi connectivity index (χ1n) is 24.9. The smallest absolute Gasteiger partial charge is 0.108 e. The van der Waals surface area contributed by atoms with E-state index in [1.54, 1.807) is 0 Å². The Balaban J connectivity index is 0.000000148. The van der Waals surface area contributed by atoms with Gasteiger partial charge in [0, 0.05) is 19.5 Å². The topological polar surface area (TPSA) is 0 Å². The first-order valence-corrected chi connectivity index (χ1v) is 27.6. The van der Waals surface area contributed by atoms with E-state index < -0.39 is 22.0 Å². The van der Waals surface area contributed by atoms with Gasteiger partial charge in [0.2, 0.25) is 0 Å².